The van der Waals surface area contributed by atoms with Crippen LogP contribution < -0.4 is 14.9 Å². The molecule has 1 aromatic rings. The third kappa shape index (κ3) is 4.75. The lowest BCUT2D eigenvalue weighted by Crippen LogP contribution is -2.43. The van der Waals surface area contributed by atoms with Crippen molar-refractivity contribution in [2.24, 2.45) is 5.73 Å². The molecule has 1 aromatic carbocycles. The summed E-state index contributed by atoms with van der Waals surface area (Å²) >= 11 is 0. The molecule has 0 saturated heterocycles. The van der Waals surface area contributed by atoms with Crippen molar-refractivity contribution >= 4 is 14.4 Å². The summed E-state index contributed by atoms with van der Waals surface area (Å²) < 4.78 is 11.1. The van der Waals surface area contributed by atoms with E-state index in [1.54, 1.807) is 18.2 Å². The number of aliphatic hydroxyl groups is 1. The molecule has 0 atom stereocenters. The fourth-order valence-electron chi connectivity index (χ4n) is 1.49. The van der Waals surface area contributed by atoms with E-state index in [4.69, 9.17) is 20.0 Å². The van der Waals surface area contributed by atoms with E-state index in [0.717, 1.165) is 0 Å². The molecule has 1 rings (SSSR count). The molecule has 0 spiro atoms. The average Bonchev–Trinajstić information content (AvgIpc) is 2.30. The summed E-state index contributed by atoms with van der Waals surface area (Å²) in [4.78, 5) is 11.0. The van der Waals surface area contributed by atoms with Crippen LogP contribution in [-0.4, -0.2) is 26.1 Å². The van der Waals surface area contributed by atoms with Gasteiger partial charge in [-0.25, -0.2) is 4.79 Å². The predicted molar refractivity (Wildman–Crippen MR) is 85.0 cm³/mol. The number of carbonyl (C=O) groups excluding carboxylic acids is 1. The third-order valence-electron chi connectivity index (χ3n) is 3.69. The minimum Gasteiger partial charge on any atom is -0.543 e. The van der Waals surface area contributed by atoms with Gasteiger partial charge in [0.2, 0.25) is 8.32 Å². The van der Waals surface area contributed by atoms with E-state index in [1.807, 2.05) is 0 Å². The molecule has 3 N–H and O–H groups in total. The largest absolute Gasteiger partial charge is 0.543 e. The number of ether oxygens (including phenoxy) is 1. The topological polar surface area (TPSA) is 81.8 Å². The van der Waals surface area contributed by atoms with Crippen LogP contribution in [0.1, 0.15) is 26.3 Å². The molecule has 0 aromatic heterocycles. The molecule has 5 nitrogen and oxygen atoms in total. The van der Waals surface area contributed by atoms with Crippen molar-refractivity contribution < 1.29 is 19.1 Å². The van der Waals surface area contributed by atoms with Gasteiger partial charge in [-0.05, 0) is 24.2 Å². The second kappa shape index (κ2) is 6.49. The van der Waals surface area contributed by atoms with Crippen LogP contribution in [0.5, 0.6) is 11.5 Å². The highest BCUT2D eigenvalue weighted by molar-refractivity contribution is 6.74. The zero-order valence-corrected chi connectivity index (χ0v) is 14.3. The van der Waals surface area contributed by atoms with E-state index in [0.29, 0.717) is 11.3 Å². The fourth-order valence-corrected chi connectivity index (χ4v) is 2.51. The molecule has 1 radical (unpaired) electrons. The highest BCUT2D eigenvalue weighted by Crippen LogP contribution is 2.38. The minimum absolute atomic E-state index is 0.0631. The van der Waals surface area contributed by atoms with Crippen LogP contribution in [0.15, 0.2) is 18.2 Å². The number of benzene rings is 1. The van der Waals surface area contributed by atoms with E-state index < -0.39 is 14.4 Å². The molecule has 0 aliphatic carbocycles. The Labute approximate surface area is 127 Å². The number of hydrogen-bond acceptors (Lipinski definition) is 4. The predicted octanol–water partition coefficient (Wildman–Crippen LogP) is 3.07. The second-order valence-corrected chi connectivity index (χ2v) is 11.1. The molecule has 0 fully saturated rings. The second-order valence-electron chi connectivity index (χ2n) is 6.37. The van der Waals surface area contributed by atoms with Crippen molar-refractivity contribution in [1.29, 1.82) is 0 Å². The van der Waals surface area contributed by atoms with Gasteiger partial charge in [-0.1, -0.05) is 26.8 Å². The SMILES string of the molecule is CC(C)(C)[Si](C)(C)Oc1ccc([CH]CO)c(OC(N)=O)c1. The summed E-state index contributed by atoms with van der Waals surface area (Å²) in [5.41, 5.74) is 5.66. The fraction of sp³-hybridized carbons (Fsp3) is 0.467. The standard InChI is InChI=1S/C15H24NO4Si/c1-15(2,3)21(4,5)20-12-7-6-11(8-9-17)13(10-12)19-14(16)18/h6-8,10,17H,9H2,1-5H3,(H2,16,18). The molecule has 117 valence electrons. The number of primary amides is 1. The van der Waals surface area contributed by atoms with Gasteiger partial charge in [0, 0.05) is 18.1 Å². The van der Waals surface area contributed by atoms with Crippen LogP contribution in [0.3, 0.4) is 0 Å². The monoisotopic (exact) mass is 310 g/mol. The smallest absolute Gasteiger partial charge is 0.409 e. The van der Waals surface area contributed by atoms with Gasteiger partial charge in [0.25, 0.3) is 0 Å². The highest BCUT2D eigenvalue weighted by atomic mass is 28.4. The van der Waals surface area contributed by atoms with Crippen molar-refractivity contribution in [3.63, 3.8) is 0 Å². The third-order valence-corrected chi connectivity index (χ3v) is 8.04. The normalized spacial score (nSPS) is 12.1. The van der Waals surface area contributed by atoms with Gasteiger partial charge in [0.05, 0.1) is 6.61 Å². The van der Waals surface area contributed by atoms with Gasteiger partial charge in [0.1, 0.15) is 11.5 Å². The Hall–Kier alpha value is -1.53. The molecule has 0 aliphatic rings. The van der Waals surface area contributed by atoms with Crippen LogP contribution in [0.4, 0.5) is 4.79 Å². The van der Waals surface area contributed by atoms with E-state index >= 15 is 0 Å². The van der Waals surface area contributed by atoms with Crippen molar-refractivity contribution in [2.75, 3.05) is 6.61 Å². The zero-order chi connectivity index (χ0) is 16.3. The Bertz CT molecular complexity index is 509. The average molecular weight is 310 g/mol. The van der Waals surface area contributed by atoms with E-state index in [1.165, 1.54) is 6.42 Å². The van der Waals surface area contributed by atoms with Gasteiger partial charge < -0.3 is 20.0 Å². The summed E-state index contributed by atoms with van der Waals surface area (Å²) in [5.74, 6) is 0.917. The van der Waals surface area contributed by atoms with E-state index in [-0.39, 0.29) is 17.4 Å². The van der Waals surface area contributed by atoms with Crippen molar-refractivity contribution in [3.05, 3.63) is 30.2 Å². The number of hydrogen-bond donors (Lipinski definition) is 2. The molecule has 0 aliphatic heterocycles. The molecule has 0 unspecified atom stereocenters. The van der Waals surface area contributed by atoms with Gasteiger partial charge >= 0.3 is 6.09 Å². The maximum atomic E-state index is 11.0. The Morgan fingerprint density at radius 3 is 2.48 bits per heavy atom. The van der Waals surface area contributed by atoms with Crippen molar-refractivity contribution in [3.8, 4) is 11.5 Å². The molecular weight excluding hydrogens is 286 g/mol. The highest BCUT2D eigenvalue weighted by Gasteiger charge is 2.39. The van der Waals surface area contributed by atoms with Crippen LogP contribution in [0, 0.1) is 6.42 Å². The maximum Gasteiger partial charge on any atom is 0.409 e. The Balaban J connectivity index is 3.07. The quantitative estimate of drug-likeness (QED) is 0.819. The summed E-state index contributed by atoms with van der Waals surface area (Å²) in [6, 6.07) is 5.17. The Kier molecular flexibility index (Phi) is 5.41. The zero-order valence-electron chi connectivity index (χ0n) is 13.3. The van der Waals surface area contributed by atoms with Crippen LogP contribution in [-0.2, 0) is 0 Å². The summed E-state index contributed by atoms with van der Waals surface area (Å²) in [6.45, 7) is 10.6. The minimum atomic E-state index is -1.98. The first kappa shape index (κ1) is 17.5. The Morgan fingerprint density at radius 2 is 2.00 bits per heavy atom. The number of nitrogens with two attached hydrogens (primary N) is 1. The lowest BCUT2D eigenvalue weighted by atomic mass is 10.1. The number of carbonyl (C=O) groups is 1. The number of rotatable bonds is 5. The number of aliphatic hydroxyl groups excluding tert-OH is 1. The summed E-state index contributed by atoms with van der Waals surface area (Å²) in [7, 11) is -1.98. The lowest BCUT2D eigenvalue weighted by Gasteiger charge is -2.36. The van der Waals surface area contributed by atoms with Gasteiger partial charge in [-0.2, -0.15) is 0 Å². The molecule has 0 saturated carbocycles. The molecular formula is C15H24NO4Si. The molecule has 0 bridgehead atoms. The lowest BCUT2D eigenvalue weighted by molar-refractivity contribution is 0.210. The molecule has 21 heavy (non-hydrogen) atoms. The van der Waals surface area contributed by atoms with E-state index in [2.05, 4.69) is 33.9 Å². The molecule has 0 heterocycles. The van der Waals surface area contributed by atoms with Crippen LogP contribution in [0.2, 0.25) is 18.1 Å². The summed E-state index contributed by atoms with van der Waals surface area (Å²) in [6.07, 6.45) is 0.640. The summed E-state index contributed by atoms with van der Waals surface area (Å²) in [5, 5.41) is 9.05. The first-order valence-electron chi connectivity index (χ1n) is 6.81. The van der Waals surface area contributed by atoms with E-state index in [9.17, 15) is 4.79 Å². The van der Waals surface area contributed by atoms with Crippen LogP contribution >= 0.6 is 0 Å². The van der Waals surface area contributed by atoms with Gasteiger partial charge in [-0.15, -0.1) is 0 Å². The number of amides is 1. The molecule has 6 heteroatoms. The first-order chi connectivity index (χ1) is 9.56. The molecule has 1 amide bonds. The van der Waals surface area contributed by atoms with Gasteiger partial charge in [-0.3, -0.25) is 0 Å². The van der Waals surface area contributed by atoms with Crippen LogP contribution in [0.25, 0.3) is 0 Å². The van der Waals surface area contributed by atoms with Crippen molar-refractivity contribution in [2.45, 2.75) is 38.9 Å². The van der Waals surface area contributed by atoms with Crippen molar-refractivity contribution in [1.82, 2.24) is 0 Å². The maximum absolute atomic E-state index is 11.0. The first-order valence-corrected chi connectivity index (χ1v) is 9.72. The van der Waals surface area contributed by atoms with Gasteiger partial charge in [0.15, 0.2) is 0 Å². The Morgan fingerprint density at radius 1 is 1.38 bits per heavy atom.